The second kappa shape index (κ2) is 10.00. The maximum atomic E-state index is 12.9. The molecule has 1 unspecified atom stereocenters. The van der Waals surface area contributed by atoms with E-state index in [4.69, 9.17) is 4.74 Å². The highest BCUT2D eigenvalue weighted by Crippen LogP contribution is 2.44. The number of benzene rings is 2. The van der Waals surface area contributed by atoms with Crippen molar-refractivity contribution in [3.8, 4) is 16.3 Å². The van der Waals surface area contributed by atoms with Crippen LogP contribution in [0.15, 0.2) is 47.4 Å². The van der Waals surface area contributed by atoms with Gasteiger partial charge in [-0.3, -0.25) is 0 Å². The van der Waals surface area contributed by atoms with Gasteiger partial charge in [0.1, 0.15) is 10.8 Å². The number of aromatic nitrogens is 1. The summed E-state index contributed by atoms with van der Waals surface area (Å²) < 4.78 is 44.3. The van der Waals surface area contributed by atoms with Crippen molar-refractivity contribution in [2.45, 2.75) is 63.0 Å². The van der Waals surface area contributed by atoms with E-state index in [1.165, 1.54) is 37.3 Å². The molecule has 1 heterocycles. The number of carboxylic acids is 1. The van der Waals surface area contributed by atoms with E-state index < -0.39 is 23.3 Å². The number of nitrogens with zero attached hydrogens (tertiary/aromatic N) is 1. The van der Waals surface area contributed by atoms with Gasteiger partial charge in [0.2, 0.25) is 0 Å². The van der Waals surface area contributed by atoms with Gasteiger partial charge in [-0.05, 0) is 70.0 Å². The third-order valence-corrected chi connectivity index (χ3v) is 8.11. The number of thiazole rings is 1. The number of aliphatic carboxylic acids is 1. The Bertz CT molecular complexity index is 1170. The second-order valence-corrected chi connectivity index (χ2v) is 10.7. The number of carboxylic acid groups (broad SMARTS) is 1. The molecule has 1 aromatic heterocycles. The zero-order valence-corrected chi connectivity index (χ0v) is 21.1. The summed E-state index contributed by atoms with van der Waals surface area (Å²) in [6.45, 7) is 8.88. The molecule has 0 aliphatic heterocycles. The van der Waals surface area contributed by atoms with E-state index in [0.29, 0.717) is 16.3 Å². The van der Waals surface area contributed by atoms with Crippen LogP contribution in [0, 0.1) is 13.8 Å². The fourth-order valence-corrected chi connectivity index (χ4v) is 5.84. The van der Waals surface area contributed by atoms with Crippen LogP contribution in [-0.2, 0) is 11.0 Å². The summed E-state index contributed by atoms with van der Waals surface area (Å²) in [5.74, 6) is -0.524. The molecule has 0 radical (unpaired) electrons. The topological polar surface area (TPSA) is 59.4 Å². The molecular formula is C25H26F3NO3S2. The van der Waals surface area contributed by atoms with Crippen LogP contribution < -0.4 is 4.74 Å². The number of aryl methyl sites for hydroxylation is 2. The van der Waals surface area contributed by atoms with Crippen LogP contribution >= 0.6 is 23.1 Å². The zero-order chi connectivity index (χ0) is 25.3. The minimum absolute atomic E-state index is 0.113. The summed E-state index contributed by atoms with van der Waals surface area (Å²) in [7, 11) is 0. The Balaban J connectivity index is 1.80. The van der Waals surface area contributed by atoms with Gasteiger partial charge in [-0.15, -0.1) is 23.1 Å². The van der Waals surface area contributed by atoms with Crippen LogP contribution in [0.3, 0.4) is 0 Å². The van der Waals surface area contributed by atoms with Gasteiger partial charge >= 0.3 is 12.1 Å². The van der Waals surface area contributed by atoms with E-state index in [-0.39, 0.29) is 5.25 Å². The second-order valence-electron chi connectivity index (χ2n) is 8.40. The number of hydrogen-bond donors (Lipinski definition) is 1. The van der Waals surface area contributed by atoms with Crippen molar-refractivity contribution in [1.82, 2.24) is 4.98 Å². The molecule has 3 rings (SSSR count). The van der Waals surface area contributed by atoms with Gasteiger partial charge in [0.05, 0.1) is 11.3 Å². The lowest BCUT2D eigenvalue weighted by molar-refractivity contribution is -0.152. The molecule has 0 fully saturated rings. The fraction of sp³-hybridized carbons (Fsp3) is 0.360. The molecule has 0 aliphatic carbocycles. The lowest BCUT2D eigenvalue weighted by atomic mass is 10.1. The minimum Gasteiger partial charge on any atom is -0.478 e. The zero-order valence-electron chi connectivity index (χ0n) is 19.5. The SMILES string of the molecule is CCC(Sc1ccc(OC(C)(C)C(=O)O)c(C)c1)c1sc(-c2ccc(C(F)(F)F)cc2)nc1C. The van der Waals surface area contributed by atoms with Crippen molar-refractivity contribution >= 4 is 29.1 Å². The van der Waals surface area contributed by atoms with Crippen molar-refractivity contribution in [2.24, 2.45) is 0 Å². The smallest absolute Gasteiger partial charge is 0.416 e. The Labute approximate surface area is 205 Å². The Kier molecular flexibility index (Phi) is 7.67. The van der Waals surface area contributed by atoms with E-state index >= 15 is 0 Å². The van der Waals surface area contributed by atoms with Crippen LogP contribution in [0.5, 0.6) is 5.75 Å². The standard InChI is InChI=1S/C25H26F3NO3S2/c1-6-20(33-18-11-12-19(14(2)13-18)32-24(4,5)23(30)31)21-15(3)29-22(34-21)16-7-9-17(10-8-16)25(26,27)28/h7-13,20H,6H2,1-5H3,(H,30,31). The van der Waals surface area contributed by atoms with E-state index in [2.05, 4.69) is 11.9 Å². The lowest BCUT2D eigenvalue weighted by Crippen LogP contribution is -2.38. The van der Waals surface area contributed by atoms with E-state index in [0.717, 1.165) is 39.6 Å². The summed E-state index contributed by atoms with van der Waals surface area (Å²) in [6.07, 6.45) is -3.53. The summed E-state index contributed by atoms with van der Waals surface area (Å²) in [6, 6.07) is 10.7. The molecule has 3 aromatic rings. The highest BCUT2D eigenvalue weighted by Gasteiger charge is 2.31. The molecule has 34 heavy (non-hydrogen) atoms. The molecule has 9 heteroatoms. The molecule has 0 amide bonds. The summed E-state index contributed by atoms with van der Waals surface area (Å²) >= 11 is 3.16. The number of halogens is 3. The fourth-order valence-electron chi connectivity index (χ4n) is 3.25. The van der Waals surface area contributed by atoms with Crippen molar-refractivity contribution < 1.29 is 27.8 Å². The molecule has 2 aromatic carbocycles. The first-order valence-corrected chi connectivity index (χ1v) is 12.4. The Hall–Kier alpha value is -2.52. The first-order chi connectivity index (χ1) is 15.8. The van der Waals surface area contributed by atoms with Crippen molar-refractivity contribution in [1.29, 1.82) is 0 Å². The molecule has 1 N–H and O–H groups in total. The number of rotatable bonds is 8. The number of ether oxygens (including phenoxy) is 1. The Morgan fingerprint density at radius 1 is 1.15 bits per heavy atom. The van der Waals surface area contributed by atoms with Crippen LogP contribution in [0.25, 0.3) is 10.6 Å². The van der Waals surface area contributed by atoms with Crippen LogP contribution in [-0.4, -0.2) is 21.7 Å². The number of alkyl halides is 3. The van der Waals surface area contributed by atoms with Crippen LogP contribution in [0.2, 0.25) is 0 Å². The van der Waals surface area contributed by atoms with Gasteiger partial charge < -0.3 is 9.84 Å². The maximum absolute atomic E-state index is 12.9. The van der Waals surface area contributed by atoms with Gasteiger partial charge in [-0.25, -0.2) is 9.78 Å². The summed E-state index contributed by atoms with van der Waals surface area (Å²) in [5, 5.41) is 10.1. The van der Waals surface area contributed by atoms with Crippen molar-refractivity contribution in [3.63, 3.8) is 0 Å². The average Bonchev–Trinajstić information content (AvgIpc) is 3.14. The molecule has 0 saturated carbocycles. The predicted octanol–water partition coefficient (Wildman–Crippen LogP) is 7.93. The molecule has 0 saturated heterocycles. The van der Waals surface area contributed by atoms with E-state index in [1.807, 2.05) is 26.0 Å². The quantitative estimate of drug-likeness (QED) is 0.313. The third kappa shape index (κ3) is 5.93. The molecule has 0 spiro atoms. The molecule has 4 nitrogen and oxygen atoms in total. The Morgan fingerprint density at radius 2 is 1.79 bits per heavy atom. The third-order valence-electron chi connectivity index (χ3n) is 5.26. The van der Waals surface area contributed by atoms with E-state index in [1.54, 1.807) is 17.8 Å². The largest absolute Gasteiger partial charge is 0.478 e. The first-order valence-electron chi connectivity index (χ1n) is 10.7. The number of thioether (sulfide) groups is 1. The average molecular weight is 510 g/mol. The summed E-state index contributed by atoms with van der Waals surface area (Å²) in [4.78, 5) is 18.1. The molecule has 0 bridgehead atoms. The van der Waals surface area contributed by atoms with Gasteiger partial charge in [0, 0.05) is 20.6 Å². The molecule has 182 valence electrons. The lowest BCUT2D eigenvalue weighted by Gasteiger charge is -2.23. The number of carbonyl (C=O) groups is 1. The molecule has 1 atom stereocenters. The maximum Gasteiger partial charge on any atom is 0.416 e. The molecular weight excluding hydrogens is 483 g/mol. The molecule has 0 aliphatic rings. The van der Waals surface area contributed by atoms with Crippen molar-refractivity contribution in [3.05, 3.63) is 64.2 Å². The summed E-state index contributed by atoms with van der Waals surface area (Å²) in [5.41, 5.74) is 0.339. The normalized spacial score (nSPS) is 13.1. The van der Waals surface area contributed by atoms with Crippen molar-refractivity contribution in [2.75, 3.05) is 0 Å². The van der Waals surface area contributed by atoms with Gasteiger partial charge in [-0.2, -0.15) is 13.2 Å². The van der Waals surface area contributed by atoms with E-state index in [9.17, 15) is 23.1 Å². The number of hydrogen-bond acceptors (Lipinski definition) is 5. The van der Waals surface area contributed by atoms with Crippen LogP contribution in [0.4, 0.5) is 13.2 Å². The highest BCUT2D eigenvalue weighted by atomic mass is 32.2. The highest BCUT2D eigenvalue weighted by molar-refractivity contribution is 7.99. The predicted molar refractivity (Wildman–Crippen MR) is 130 cm³/mol. The first kappa shape index (κ1) is 26.1. The van der Waals surface area contributed by atoms with Gasteiger partial charge in [-0.1, -0.05) is 19.1 Å². The van der Waals surface area contributed by atoms with Crippen LogP contribution in [0.1, 0.15) is 54.1 Å². The van der Waals surface area contributed by atoms with Gasteiger partial charge in [0.15, 0.2) is 5.60 Å². The van der Waals surface area contributed by atoms with Gasteiger partial charge in [0.25, 0.3) is 0 Å². The minimum atomic E-state index is -4.37. The monoisotopic (exact) mass is 509 g/mol. The Morgan fingerprint density at radius 3 is 2.32 bits per heavy atom.